The molecule has 0 bridgehead atoms. The molecule has 0 aliphatic rings. The van der Waals surface area contributed by atoms with Crippen LogP contribution in [0.4, 0.5) is 5.69 Å². The lowest BCUT2D eigenvalue weighted by Gasteiger charge is -2.06. The van der Waals surface area contributed by atoms with Crippen molar-refractivity contribution in [2.24, 2.45) is 5.73 Å². The Morgan fingerprint density at radius 1 is 1.42 bits per heavy atom. The molecule has 0 spiro atoms. The second-order valence-electron chi connectivity index (χ2n) is 3.75. The molecule has 2 aromatic rings. The third-order valence-electron chi connectivity index (χ3n) is 2.23. The first kappa shape index (κ1) is 13.0. The van der Waals surface area contributed by atoms with Gasteiger partial charge in [0.15, 0.2) is 0 Å². The fraction of sp³-hybridized carbons (Fsp3) is 0.250. The maximum atomic E-state index is 11.7. The van der Waals surface area contributed by atoms with Crippen LogP contribution in [0.15, 0.2) is 28.8 Å². The molecule has 2 rings (SSSR count). The van der Waals surface area contributed by atoms with Crippen LogP contribution in [0.3, 0.4) is 0 Å². The van der Waals surface area contributed by atoms with Gasteiger partial charge >= 0.3 is 0 Å². The minimum atomic E-state index is -0.424. The highest BCUT2D eigenvalue weighted by molar-refractivity contribution is 6.01. The molecule has 100 valence electrons. The number of hydrogen-bond acceptors (Lipinski definition) is 6. The van der Waals surface area contributed by atoms with Crippen LogP contribution in [-0.2, 0) is 0 Å². The van der Waals surface area contributed by atoms with E-state index in [2.05, 4.69) is 15.5 Å². The highest BCUT2D eigenvalue weighted by atomic mass is 16.5. The molecule has 1 aromatic heterocycles. The first-order valence-corrected chi connectivity index (χ1v) is 5.73. The van der Waals surface area contributed by atoms with Gasteiger partial charge < -0.3 is 20.3 Å². The van der Waals surface area contributed by atoms with Crippen LogP contribution in [0.25, 0.3) is 0 Å². The molecule has 7 nitrogen and oxygen atoms in total. The molecule has 7 heteroatoms. The zero-order valence-electron chi connectivity index (χ0n) is 10.4. The predicted octanol–water partition coefficient (Wildman–Crippen LogP) is 0.968. The zero-order valence-corrected chi connectivity index (χ0v) is 10.4. The number of ether oxygens (including phenoxy) is 1. The molecular formula is C12H14N4O3. The molecule has 0 aliphatic heterocycles. The van der Waals surface area contributed by atoms with E-state index >= 15 is 0 Å². The van der Waals surface area contributed by atoms with Gasteiger partial charge in [-0.15, -0.1) is 0 Å². The van der Waals surface area contributed by atoms with E-state index in [0.29, 0.717) is 30.5 Å². The molecule has 1 amide bonds. The molecule has 0 saturated heterocycles. The van der Waals surface area contributed by atoms with Gasteiger partial charge in [-0.25, -0.2) is 0 Å². The Hall–Kier alpha value is -2.41. The number of nitrogens with one attached hydrogen (secondary N) is 1. The van der Waals surface area contributed by atoms with Gasteiger partial charge in [0.2, 0.25) is 5.89 Å². The first-order valence-electron chi connectivity index (χ1n) is 5.73. The van der Waals surface area contributed by atoms with E-state index in [1.807, 2.05) is 0 Å². The fourth-order valence-electron chi connectivity index (χ4n) is 1.39. The second-order valence-corrected chi connectivity index (χ2v) is 3.75. The van der Waals surface area contributed by atoms with Gasteiger partial charge in [0.25, 0.3) is 11.7 Å². The van der Waals surface area contributed by atoms with Gasteiger partial charge in [-0.2, -0.15) is 4.98 Å². The van der Waals surface area contributed by atoms with Crippen LogP contribution in [0.1, 0.15) is 16.5 Å². The largest absolute Gasteiger partial charge is 0.492 e. The van der Waals surface area contributed by atoms with Gasteiger partial charge in [-0.05, 0) is 24.3 Å². The summed E-state index contributed by atoms with van der Waals surface area (Å²) >= 11 is 0. The lowest BCUT2D eigenvalue weighted by atomic mass is 10.3. The van der Waals surface area contributed by atoms with E-state index in [1.54, 1.807) is 31.2 Å². The number of nitrogens with zero attached hydrogens (tertiary/aromatic N) is 2. The summed E-state index contributed by atoms with van der Waals surface area (Å²) in [5.74, 6) is 0.614. The fourth-order valence-corrected chi connectivity index (χ4v) is 1.39. The lowest BCUT2D eigenvalue weighted by molar-refractivity contribution is 0.101. The average molecular weight is 262 g/mol. The smallest absolute Gasteiger partial charge is 0.297 e. The van der Waals surface area contributed by atoms with Crippen LogP contribution >= 0.6 is 0 Å². The Kier molecular flexibility index (Phi) is 4.09. The highest BCUT2D eigenvalue weighted by Gasteiger charge is 2.12. The van der Waals surface area contributed by atoms with Crippen molar-refractivity contribution in [3.05, 3.63) is 36.0 Å². The third kappa shape index (κ3) is 3.52. The highest BCUT2D eigenvalue weighted by Crippen LogP contribution is 2.16. The number of aromatic nitrogens is 2. The van der Waals surface area contributed by atoms with Crippen molar-refractivity contribution in [2.45, 2.75) is 6.92 Å². The minimum Gasteiger partial charge on any atom is -0.492 e. The van der Waals surface area contributed by atoms with Crippen LogP contribution < -0.4 is 15.8 Å². The molecule has 0 saturated carbocycles. The zero-order chi connectivity index (χ0) is 13.7. The number of amides is 1. The number of carbonyl (C=O) groups excluding carboxylic acids is 1. The molecule has 1 aromatic carbocycles. The number of nitrogens with two attached hydrogens (primary N) is 1. The molecule has 0 fully saturated rings. The molecule has 0 unspecified atom stereocenters. The van der Waals surface area contributed by atoms with E-state index in [4.69, 9.17) is 15.0 Å². The summed E-state index contributed by atoms with van der Waals surface area (Å²) in [5.41, 5.74) is 5.95. The molecule has 0 radical (unpaired) electrons. The quantitative estimate of drug-likeness (QED) is 0.832. The standard InChI is InChI=1S/C12H14N4O3/c1-8-14-11(16-19-8)12(17)15-9-2-4-10(5-3-9)18-7-6-13/h2-5H,6-7,13H2,1H3,(H,15,17). The molecule has 3 N–H and O–H groups in total. The summed E-state index contributed by atoms with van der Waals surface area (Å²) in [6, 6.07) is 6.92. The Labute approximate surface area is 109 Å². The average Bonchev–Trinajstić information content (AvgIpc) is 2.85. The van der Waals surface area contributed by atoms with Crippen LogP contribution in [0.5, 0.6) is 5.75 Å². The van der Waals surface area contributed by atoms with Crippen LogP contribution in [-0.4, -0.2) is 29.2 Å². The van der Waals surface area contributed by atoms with Crippen LogP contribution in [0, 0.1) is 6.92 Å². The van der Waals surface area contributed by atoms with Gasteiger partial charge in [-0.1, -0.05) is 5.16 Å². The van der Waals surface area contributed by atoms with Crippen molar-refractivity contribution in [2.75, 3.05) is 18.5 Å². The van der Waals surface area contributed by atoms with Gasteiger partial charge in [0.05, 0.1) is 0 Å². The summed E-state index contributed by atoms with van der Waals surface area (Å²) in [6.45, 7) is 2.52. The normalized spacial score (nSPS) is 10.2. The van der Waals surface area contributed by atoms with Crippen molar-refractivity contribution < 1.29 is 14.1 Å². The van der Waals surface area contributed by atoms with Crippen molar-refractivity contribution in [3.63, 3.8) is 0 Å². The third-order valence-corrected chi connectivity index (χ3v) is 2.23. The second kappa shape index (κ2) is 5.96. The molecular weight excluding hydrogens is 248 g/mol. The van der Waals surface area contributed by atoms with Crippen molar-refractivity contribution in [1.29, 1.82) is 0 Å². The van der Waals surface area contributed by atoms with E-state index in [0.717, 1.165) is 0 Å². The maximum absolute atomic E-state index is 11.7. The van der Waals surface area contributed by atoms with Crippen molar-refractivity contribution in [3.8, 4) is 5.75 Å². The Bertz CT molecular complexity index is 550. The monoisotopic (exact) mass is 262 g/mol. The maximum Gasteiger partial charge on any atom is 0.297 e. The first-order chi connectivity index (χ1) is 9.19. The van der Waals surface area contributed by atoms with Crippen molar-refractivity contribution >= 4 is 11.6 Å². The predicted molar refractivity (Wildman–Crippen MR) is 68.0 cm³/mol. The Morgan fingerprint density at radius 3 is 2.74 bits per heavy atom. The number of aryl methyl sites for hydroxylation is 1. The molecule has 1 heterocycles. The topological polar surface area (TPSA) is 103 Å². The molecule has 0 atom stereocenters. The number of hydrogen-bond donors (Lipinski definition) is 2. The summed E-state index contributed by atoms with van der Waals surface area (Å²) in [7, 11) is 0. The van der Waals surface area contributed by atoms with E-state index < -0.39 is 5.91 Å². The summed E-state index contributed by atoms with van der Waals surface area (Å²) in [4.78, 5) is 15.6. The van der Waals surface area contributed by atoms with E-state index in [9.17, 15) is 4.79 Å². The van der Waals surface area contributed by atoms with Gasteiger partial charge in [-0.3, -0.25) is 4.79 Å². The Morgan fingerprint density at radius 2 is 2.16 bits per heavy atom. The number of benzene rings is 1. The summed E-state index contributed by atoms with van der Waals surface area (Å²) < 4.78 is 10.1. The van der Waals surface area contributed by atoms with E-state index in [-0.39, 0.29) is 5.82 Å². The SMILES string of the molecule is Cc1nc(C(=O)Nc2ccc(OCCN)cc2)no1. The number of rotatable bonds is 5. The van der Waals surface area contributed by atoms with Crippen molar-refractivity contribution in [1.82, 2.24) is 10.1 Å². The van der Waals surface area contributed by atoms with Gasteiger partial charge in [0, 0.05) is 19.2 Å². The van der Waals surface area contributed by atoms with Gasteiger partial charge in [0.1, 0.15) is 12.4 Å². The lowest BCUT2D eigenvalue weighted by Crippen LogP contribution is -2.13. The Balaban J connectivity index is 1.97. The van der Waals surface area contributed by atoms with E-state index in [1.165, 1.54) is 0 Å². The number of carbonyl (C=O) groups is 1. The molecule has 19 heavy (non-hydrogen) atoms. The van der Waals surface area contributed by atoms with Crippen LogP contribution in [0.2, 0.25) is 0 Å². The molecule has 0 aliphatic carbocycles. The summed E-state index contributed by atoms with van der Waals surface area (Å²) in [5, 5.41) is 6.18. The minimum absolute atomic E-state index is 0.000887. The summed E-state index contributed by atoms with van der Waals surface area (Å²) in [6.07, 6.45) is 0. The number of anilines is 1.